The molecule has 1 aromatic heterocycles. The average molecular weight is 405 g/mol. The molecule has 2 aliphatic rings. The van der Waals surface area contributed by atoms with Crippen LogP contribution in [0.5, 0.6) is 11.5 Å². The predicted molar refractivity (Wildman–Crippen MR) is 112 cm³/mol. The van der Waals surface area contributed by atoms with Crippen molar-refractivity contribution in [3.8, 4) is 11.5 Å². The highest BCUT2D eigenvalue weighted by atomic mass is 16.5. The minimum absolute atomic E-state index is 0.00341. The number of nitrogens with zero attached hydrogens (tertiary/aromatic N) is 2. The van der Waals surface area contributed by atoms with Crippen molar-refractivity contribution in [1.29, 1.82) is 0 Å². The van der Waals surface area contributed by atoms with Crippen molar-refractivity contribution in [3.63, 3.8) is 0 Å². The third-order valence-corrected chi connectivity index (χ3v) is 5.82. The van der Waals surface area contributed by atoms with Gasteiger partial charge < -0.3 is 14.4 Å². The zero-order chi connectivity index (χ0) is 20.5. The lowest BCUT2D eigenvalue weighted by Gasteiger charge is -2.26. The van der Waals surface area contributed by atoms with E-state index in [1.165, 1.54) is 0 Å². The quantitative estimate of drug-likeness (QED) is 0.724. The second-order valence-corrected chi connectivity index (χ2v) is 7.72. The first kappa shape index (κ1) is 18.7. The maximum Gasteiger partial charge on any atom is 0.272 e. The van der Waals surface area contributed by atoms with E-state index in [1.54, 1.807) is 6.07 Å². The average Bonchev–Trinajstić information content (AvgIpc) is 3.15. The van der Waals surface area contributed by atoms with E-state index >= 15 is 0 Å². The predicted octanol–water partition coefficient (Wildman–Crippen LogP) is 2.99. The molecule has 1 amide bonds. The maximum atomic E-state index is 13.2. The van der Waals surface area contributed by atoms with Crippen molar-refractivity contribution in [2.75, 3.05) is 19.8 Å². The van der Waals surface area contributed by atoms with E-state index in [0.29, 0.717) is 30.8 Å². The van der Waals surface area contributed by atoms with Crippen molar-refractivity contribution >= 4 is 16.7 Å². The summed E-state index contributed by atoms with van der Waals surface area (Å²) < 4.78 is 11.6. The van der Waals surface area contributed by atoms with Gasteiger partial charge in [-0.2, -0.15) is 5.10 Å². The summed E-state index contributed by atoms with van der Waals surface area (Å²) in [5.74, 6) is 1.52. The van der Waals surface area contributed by atoms with Crippen molar-refractivity contribution in [2.24, 2.45) is 0 Å². The Morgan fingerprint density at radius 2 is 1.87 bits per heavy atom. The Kier molecular flexibility index (Phi) is 4.86. The molecule has 7 heteroatoms. The van der Waals surface area contributed by atoms with Crippen LogP contribution in [0.15, 0.2) is 47.3 Å². The van der Waals surface area contributed by atoms with E-state index in [9.17, 15) is 9.59 Å². The van der Waals surface area contributed by atoms with Gasteiger partial charge in [-0.25, -0.2) is 5.10 Å². The minimum atomic E-state index is -0.243. The second-order valence-electron chi connectivity index (χ2n) is 7.72. The van der Waals surface area contributed by atoms with E-state index in [1.807, 2.05) is 41.3 Å². The lowest BCUT2D eigenvalue weighted by molar-refractivity contribution is -0.131. The number of carbonyl (C=O) groups excluding carboxylic acids is 1. The van der Waals surface area contributed by atoms with Crippen LogP contribution >= 0.6 is 0 Å². The summed E-state index contributed by atoms with van der Waals surface area (Å²) >= 11 is 0. The Morgan fingerprint density at radius 1 is 1.07 bits per heavy atom. The van der Waals surface area contributed by atoms with Gasteiger partial charge in [-0.1, -0.05) is 24.3 Å². The summed E-state index contributed by atoms with van der Waals surface area (Å²) in [6.45, 7) is 1.99. The van der Waals surface area contributed by atoms with Gasteiger partial charge in [0.05, 0.1) is 36.8 Å². The lowest BCUT2D eigenvalue weighted by Crippen LogP contribution is -2.32. The largest absolute Gasteiger partial charge is 0.490 e. The Morgan fingerprint density at radius 3 is 2.73 bits per heavy atom. The van der Waals surface area contributed by atoms with Gasteiger partial charge in [-0.15, -0.1) is 0 Å². The van der Waals surface area contributed by atoms with Crippen LogP contribution in [0, 0.1) is 0 Å². The Balaban J connectivity index is 1.41. The Hall–Kier alpha value is -3.35. The molecule has 3 aromatic rings. The van der Waals surface area contributed by atoms with Gasteiger partial charge in [-0.3, -0.25) is 9.59 Å². The topological polar surface area (TPSA) is 84.5 Å². The molecule has 0 bridgehead atoms. The molecule has 0 aliphatic carbocycles. The highest BCUT2D eigenvalue weighted by molar-refractivity contribution is 5.88. The van der Waals surface area contributed by atoms with Gasteiger partial charge in [0.25, 0.3) is 5.56 Å². The molecule has 1 N–H and O–H groups in total. The van der Waals surface area contributed by atoms with Crippen LogP contribution in [-0.2, 0) is 11.2 Å². The molecule has 3 heterocycles. The Labute approximate surface area is 173 Å². The van der Waals surface area contributed by atoms with Crippen LogP contribution in [0.4, 0.5) is 0 Å². The first-order chi connectivity index (χ1) is 14.7. The number of hydrogen-bond acceptors (Lipinski definition) is 5. The number of fused-ring (bicyclic) bond motifs is 2. The van der Waals surface area contributed by atoms with Gasteiger partial charge >= 0.3 is 0 Å². The van der Waals surface area contributed by atoms with Gasteiger partial charge in [0.2, 0.25) is 5.91 Å². The molecule has 1 saturated heterocycles. The number of ether oxygens (including phenoxy) is 2. The Bertz CT molecular complexity index is 1160. The van der Waals surface area contributed by atoms with Crippen LogP contribution < -0.4 is 15.0 Å². The molecule has 0 spiro atoms. The first-order valence-corrected chi connectivity index (χ1v) is 10.4. The smallest absolute Gasteiger partial charge is 0.272 e. The van der Waals surface area contributed by atoms with Crippen LogP contribution in [0.2, 0.25) is 0 Å². The summed E-state index contributed by atoms with van der Waals surface area (Å²) in [7, 11) is 0. The zero-order valence-electron chi connectivity index (χ0n) is 16.6. The minimum Gasteiger partial charge on any atom is -0.490 e. The van der Waals surface area contributed by atoms with Crippen LogP contribution in [0.25, 0.3) is 10.8 Å². The summed E-state index contributed by atoms with van der Waals surface area (Å²) in [4.78, 5) is 27.1. The molecule has 0 radical (unpaired) electrons. The number of nitrogens with one attached hydrogen (secondary N) is 1. The molecule has 154 valence electrons. The van der Waals surface area contributed by atoms with Crippen molar-refractivity contribution < 1.29 is 14.3 Å². The summed E-state index contributed by atoms with van der Waals surface area (Å²) in [6, 6.07) is 13.2. The van der Waals surface area contributed by atoms with Gasteiger partial charge in [0, 0.05) is 18.4 Å². The molecule has 1 fully saturated rings. The number of rotatable bonds is 3. The van der Waals surface area contributed by atoms with Gasteiger partial charge in [0.1, 0.15) is 0 Å². The molecule has 2 aliphatic heterocycles. The monoisotopic (exact) mass is 405 g/mol. The highest BCUT2D eigenvalue weighted by Gasteiger charge is 2.31. The number of carbonyl (C=O) groups is 1. The van der Waals surface area contributed by atoms with E-state index in [2.05, 4.69) is 10.2 Å². The highest BCUT2D eigenvalue weighted by Crippen LogP contribution is 2.38. The number of amides is 1. The SMILES string of the molecule is O=C(Cc1n[nH]c(=O)c2ccccc12)N1CCC[C@@H]1c1ccc2c(c1)OCCCO2. The molecule has 1 atom stereocenters. The summed E-state index contributed by atoms with van der Waals surface area (Å²) in [5.41, 5.74) is 1.41. The number of H-pyrrole nitrogens is 1. The van der Waals surface area contributed by atoms with E-state index in [0.717, 1.165) is 41.7 Å². The van der Waals surface area contributed by atoms with Gasteiger partial charge in [0.15, 0.2) is 11.5 Å². The van der Waals surface area contributed by atoms with Crippen LogP contribution in [0.1, 0.15) is 36.6 Å². The molecular formula is C23H23N3O4. The molecule has 2 aromatic carbocycles. The fraction of sp³-hybridized carbons (Fsp3) is 0.348. The fourth-order valence-corrected chi connectivity index (χ4v) is 4.35. The van der Waals surface area contributed by atoms with E-state index < -0.39 is 0 Å². The van der Waals surface area contributed by atoms with E-state index in [-0.39, 0.29) is 23.9 Å². The second kappa shape index (κ2) is 7.82. The first-order valence-electron chi connectivity index (χ1n) is 10.4. The van der Waals surface area contributed by atoms with Crippen molar-refractivity contribution in [3.05, 3.63) is 64.1 Å². The normalized spacial score (nSPS) is 18.4. The van der Waals surface area contributed by atoms with Crippen molar-refractivity contribution in [2.45, 2.75) is 31.7 Å². The number of aromatic amines is 1. The molecule has 5 rings (SSSR count). The van der Waals surface area contributed by atoms with Crippen molar-refractivity contribution in [1.82, 2.24) is 15.1 Å². The molecule has 0 unspecified atom stereocenters. The third kappa shape index (κ3) is 3.40. The molecule has 0 saturated carbocycles. The molecular weight excluding hydrogens is 382 g/mol. The number of likely N-dealkylation sites (tertiary alicyclic amines) is 1. The number of aromatic nitrogens is 2. The lowest BCUT2D eigenvalue weighted by atomic mass is 10.0. The maximum absolute atomic E-state index is 13.2. The van der Waals surface area contributed by atoms with E-state index in [4.69, 9.17) is 9.47 Å². The molecule has 7 nitrogen and oxygen atoms in total. The van der Waals surface area contributed by atoms with Crippen LogP contribution in [-0.4, -0.2) is 40.8 Å². The van der Waals surface area contributed by atoms with Crippen LogP contribution in [0.3, 0.4) is 0 Å². The fourth-order valence-electron chi connectivity index (χ4n) is 4.35. The summed E-state index contributed by atoms with van der Waals surface area (Å²) in [6.07, 6.45) is 2.87. The third-order valence-electron chi connectivity index (χ3n) is 5.82. The summed E-state index contributed by atoms with van der Waals surface area (Å²) in [5, 5.41) is 7.95. The molecule has 30 heavy (non-hydrogen) atoms. The standard InChI is InChI=1S/C23H23N3O4/c27-22(14-18-16-5-1-2-6-17(16)23(28)25-24-18)26-10-3-7-19(26)15-8-9-20-21(13-15)30-12-4-11-29-20/h1-2,5-6,8-9,13,19H,3-4,7,10-12,14H2,(H,25,28)/t19-/m1/s1. The van der Waals surface area contributed by atoms with Gasteiger partial charge in [-0.05, 0) is 36.6 Å². The zero-order valence-corrected chi connectivity index (χ0v) is 16.6. The number of hydrogen-bond donors (Lipinski definition) is 1. The number of benzene rings is 2.